The summed E-state index contributed by atoms with van der Waals surface area (Å²) in [4.78, 5) is 25.3. The maximum atomic E-state index is 12.8. The average Bonchev–Trinajstić information content (AvgIpc) is 3.26. The van der Waals surface area contributed by atoms with Crippen molar-refractivity contribution in [3.63, 3.8) is 0 Å². The van der Waals surface area contributed by atoms with Crippen LogP contribution < -0.4 is 15.4 Å². The third kappa shape index (κ3) is 6.10. The Bertz CT molecular complexity index is 951. The lowest BCUT2D eigenvalue weighted by Gasteiger charge is -2.17. The quantitative estimate of drug-likeness (QED) is 0.576. The number of benzene rings is 2. The highest BCUT2D eigenvalue weighted by atomic mass is 16.5. The minimum absolute atomic E-state index is 0.0837. The van der Waals surface area contributed by atoms with E-state index >= 15 is 0 Å². The summed E-state index contributed by atoms with van der Waals surface area (Å²) < 4.78 is 10.9. The van der Waals surface area contributed by atoms with Gasteiger partial charge in [-0.1, -0.05) is 36.4 Å². The van der Waals surface area contributed by atoms with Gasteiger partial charge in [-0.2, -0.15) is 0 Å². The molecular weight excluding hydrogens is 368 g/mol. The molecule has 6 heteroatoms. The molecule has 0 radical (unpaired) electrons. The average molecular weight is 390 g/mol. The molecule has 1 aromatic heterocycles. The Kier molecular flexibility index (Phi) is 6.84. The Morgan fingerprint density at radius 2 is 1.69 bits per heavy atom. The SMILES string of the molecule is C[C@H](COc1ccccc1)NC(=O)/C(=C/c1ccco1)NC(=O)c1ccccc1. The van der Waals surface area contributed by atoms with Gasteiger partial charge in [0.25, 0.3) is 11.8 Å². The molecule has 2 amide bonds. The molecule has 3 rings (SSSR count). The van der Waals surface area contributed by atoms with Crippen LogP contribution in [0, 0.1) is 0 Å². The fourth-order valence-corrected chi connectivity index (χ4v) is 2.54. The number of carbonyl (C=O) groups is 2. The molecule has 0 fully saturated rings. The molecule has 2 aromatic carbocycles. The predicted molar refractivity (Wildman–Crippen MR) is 110 cm³/mol. The van der Waals surface area contributed by atoms with E-state index < -0.39 is 5.91 Å². The molecule has 0 saturated carbocycles. The van der Waals surface area contributed by atoms with E-state index in [2.05, 4.69) is 10.6 Å². The van der Waals surface area contributed by atoms with Crippen LogP contribution in [0.2, 0.25) is 0 Å². The van der Waals surface area contributed by atoms with Gasteiger partial charge in [-0.15, -0.1) is 0 Å². The van der Waals surface area contributed by atoms with Crippen LogP contribution in [0.15, 0.2) is 89.2 Å². The van der Waals surface area contributed by atoms with Crippen LogP contribution in [-0.4, -0.2) is 24.5 Å². The number of ether oxygens (including phenoxy) is 1. The number of carbonyl (C=O) groups excluding carboxylic acids is 2. The molecule has 29 heavy (non-hydrogen) atoms. The van der Waals surface area contributed by atoms with E-state index in [9.17, 15) is 9.59 Å². The standard InChI is InChI=1S/C23H22N2O4/c1-17(16-29-19-11-6-3-7-12-19)24-23(27)21(15-20-13-8-14-28-20)25-22(26)18-9-4-2-5-10-18/h2-15,17H,16H2,1H3,(H,24,27)(H,25,26)/b21-15-/t17-/m1/s1. The monoisotopic (exact) mass is 390 g/mol. The van der Waals surface area contributed by atoms with Gasteiger partial charge in [0.05, 0.1) is 12.3 Å². The molecule has 0 aliphatic heterocycles. The van der Waals surface area contributed by atoms with Gasteiger partial charge in [0, 0.05) is 11.6 Å². The molecule has 0 aliphatic rings. The van der Waals surface area contributed by atoms with Gasteiger partial charge >= 0.3 is 0 Å². The highest BCUT2D eigenvalue weighted by molar-refractivity contribution is 6.05. The summed E-state index contributed by atoms with van der Waals surface area (Å²) in [5.41, 5.74) is 0.534. The van der Waals surface area contributed by atoms with E-state index in [1.807, 2.05) is 43.3 Å². The Labute approximate surface area is 169 Å². The molecule has 0 aliphatic carbocycles. The number of furan rings is 1. The molecular formula is C23H22N2O4. The molecule has 1 heterocycles. The Morgan fingerprint density at radius 3 is 2.34 bits per heavy atom. The summed E-state index contributed by atoms with van der Waals surface area (Å²) in [6, 6.07) is 21.1. The second kappa shape index (κ2) is 9.94. The van der Waals surface area contributed by atoms with E-state index in [1.165, 1.54) is 12.3 Å². The lowest BCUT2D eigenvalue weighted by atomic mass is 10.2. The van der Waals surface area contributed by atoms with Crippen LogP contribution in [-0.2, 0) is 4.79 Å². The second-order valence-corrected chi connectivity index (χ2v) is 6.39. The maximum absolute atomic E-state index is 12.8. The maximum Gasteiger partial charge on any atom is 0.268 e. The summed E-state index contributed by atoms with van der Waals surface area (Å²) in [5.74, 6) is 0.357. The molecule has 0 bridgehead atoms. The van der Waals surface area contributed by atoms with Crippen molar-refractivity contribution in [1.82, 2.24) is 10.6 Å². The minimum atomic E-state index is -0.435. The van der Waals surface area contributed by atoms with E-state index in [0.717, 1.165) is 5.75 Å². The summed E-state index contributed by atoms with van der Waals surface area (Å²) in [7, 11) is 0. The van der Waals surface area contributed by atoms with Gasteiger partial charge in [0.1, 0.15) is 23.8 Å². The Morgan fingerprint density at radius 1 is 1.00 bits per heavy atom. The number of amides is 2. The first kappa shape index (κ1) is 19.9. The van der Waals surface area contributed by atoms with E-state index in [0.29, 0.717) is 11.3 Å². The molecule has 148 valence electrons. The normalized spacial score (nSPS) is 12.1. The van der Waals surface area contributed by atoms with Gasteiger partial charge < -0.3 is 19.8 Å². The summed E-state index contributed by atoms with van der Waals surface area (Å²) >= 11 is 0. The third-order valence-corrected chi connectivity index (χ3v) is 3.98. The van der Waals surface area contributed by atoms with Crippen molar-refractivity contribution in [2.45, 2.75) is 13.0 Å². The van der Waals surface area contributed by atoms with E-state index in [1.54, 1.807) is 36.4 Å². The third-order valence-electron chi connectivity index (χ3n) is 3.98. The largest absolute Gasteiger partial charge is 0.491 e. The molecule has 3 aromatic rings. The van der Waals surface area contributed by atoms with Crippen LogP contribution in [0.4, 0.5) is 0 Å². The number of rotatable bonds is 8. The first-order chi connectivity index (χ1) is 14.1. The van der Waals surface area contributed by atoms with Crippen LogP contribution in [0.5, 0.6) is 5.75 Å². The predicted octanol–water partition coefficient (Wildman–Crippen LogP) is 3.63. The van der Waals surface area contributed by atoms with Crippen molar-refractivity contribution in [3.8, 4) is 5.75 Å². The Hall–Kier alpha value is -3.80. The van der Waals surface area contributed by atoms with Crippen molar-refractivity contribution in [2.24, 2.45) is 0 Å². The zero-order chi connectivity index (χ0) is 20.5. The van der Waals surface area contributed by atoms with Crippen molar-refractivity contribution >= 4 is 17.9 Å². The van der Waals surface area contributed by atoms with Crippen LogP contribution in [0.3, 0.4) is 0 Å². The first-order valence-electron chi connectivity index (χ1n) is 9.22. The van der Waals surface area contributed by atoms with Gasteiger partial charge in [0.2, 0.25) is 0 Å². The second-order valence-electron chi connectivity index (χ2n) is 6.39. The van der Waals surface area contributed by atoms with Crippen molar-refractivity contribution in [3.05, 3.63) is 96.1 Å². The van der Waals surface area contributed by atoms with Gasteiger partial charge in [0.15, 0.2) is 0 Å². The molecule has 2 N–H and O–H groups in total. The number of hydrogen-bond acceptors (Lipinski definition) is 4. The lowest BCUT2D eigenvalue weighted by molar-refractivity contribution is -0.118. The van der Waals surface area contributed by atoms with Crippen molar-refractivity contribution < 1.29 is 18.7 Å². The minimum Gasteiger partial charge on any atom is -0.491 e. The highest BCUT2D eigenvalue weighted by Gasteiger charge is 2.17. The lowest BCUT2D eigenvalue weighted by Crippen LogP contribution is -2.41. The van der Waals surface area contributed by atoms with Crippen molar-refractivity contribution in [2.75, 3.05) is 6.61 Å². The van der Waals surface area contributed by atoms with Gasteiger partial charge in [-0.05, 0) is 43.3 Å². The summed E-state index contributed by atoms with van der Waals surface area (Å²) in [6.07, 6.45) is 2.98. The molecule has 0 spiro atoms. The number of para-hydroxylation sites is 1. The summed E-state index contributed by atoms with van der Waals surface area (Å²) in [6.45, 7) is 2.11. The van der Waals surface area contributed by atoms with E-state index in [4.69, 9.17) is 9.15 Å². The summed E-state index contributed by atoms with van der Waals surface area (Å²) in [5, 5.41) is 5.49. The smallest absolute Gasteiger partial charge is 0.268 e. The Balaban J connectivity index is 1.66. The topological polar surface area (TPSA) is 80.6 Å². The molecule has 0 saturated heterocycles. The highest BCUT2D eigenvalue weighted by Crippen LogP contribution is 2.10. The number of hydrogen-bond donors (Lipinski definition) is 2. The molecule has 1 atom stereocenters. The zero-order valence-electron chi connectivity index (χ0n) is 16.0. The van der Waals surface area contributed by atoms with Crippen LogP contribution in [0.1, 0.15) is 23.0 Å². The van der Waals surface area contributed by atoms with Crippen LogP contribution >= 0.6 is 0 Å². The van der Waals surface area contributed by atoms with Crippen molar-refractivity contribution in [1.29, 1.82) is 0 Å². The van der Waals surface area contributed by atoms with Crippen LogP contribution in [0.25, 0.3) is 6.08 Å². The van der Waals surface area contributed by atoms with Gasteiger partial charge in [-0.25, -0.2) is 0 Å². The molecule has 0 unspecified atom stereocenters. The fraction of sp³-hybridized carbons (Fsp3) is 0.130. The van der Waals surface area contributed by atoms with E-state index in [-0.39, 0.29) is 24.3 Å². The number of nitrogens with one attached hydrogen (secondary N) is 2. The zero-order valence-corrected chi connectivity index (χ0v) is 16.0. The first-order valence-corrected chi connectivity index (χ1v) is 9.22. The van der Waals surface area contributed by atoms with Gasteiger partial charge in [-0.3, -0.25) is 9.59 Å². The molecule has 6 nitrogen and oxygen atoms in total. The fourth-order valence-electron chi connectivity index (χ4n) is 2.54.